The number of amides is 2. The summed E-state index contributed by atoms with van der Waals surface area (Å²) in [7, 11) is 0. The molecule has 2 fully saturated rings. The highest BCUT2D eigenvalue weighted by molar-refractivity contribution is 8.24. The molecule has 2 amide bonds. The van der Waals surface area contributed by atoms with Gasteiger partial charge < -0.3 is 5.32 Å². The van der Waals surface area contributed by atoms with E-state index in [0.717, 1.165) is 36.3 Å². The predicted molar refractivity (Wildman–Crippen MR) is 111 cm³/mol. The Morgan fingerprint density at radius 3 is 2.89 bits per heavy atom. The van der Waals surface area contributed by atoms with Gasteiger partial charge in [-0.05, 0) is 32.8 Å². The van der Waals surface area contributed by atoms with Crippen LogP contribution < -0.4 is 5.32 Å². The lowest BCUT2D eigenvalue weighted by atomic mass is 9.96. The van der Waals surface area contributed by atoms with E-state index in [0.29, 0.717) is 4.32 Å². The zero-order chi connectivity index (χ0) is 19.4. The zero-order valence-corrected chi connectivity index (χ0v) is 17.2. The number of carbonyl (C=O) groups excluding carboxylic acids is 1. The SMILES string of the molecule is CC1(C)SC(=S)N(/N=C\c2cccnc2)[C@H]1N(O)C(=O)NC1CCCCC1. The van der Waals surface area contributed by atoms with Crippen molar-refractivity contribution in [2.75, 3.05) is 0 Å². The first-order valence-electron chi connectivity index (χ1n) is 9.13. The Morgan fingerprint density at radius 2 is 2.22 bits per heavy atom. The van der Waals surface area contributed by atoms with Crippen LogP contribution in [0.4, 0.5) is 4.79 Å². The van der Waals surface area contributed by atoms with Crippen LogP contribution in [0.2, 0.25) is 0 Å². The third-order valence-corrected chi connectivity index (χ3v) is 6.31. The highest BCUT2D eigenvalue weighted by Gasteiger charge is 2.50. The first-order valence-corrected chi connectivity index (χ1v) is 10.4. The molecule has 2 aliphatic rings. The number of nitrogens with one attached hydrogen (secondary N) is 1. The Hall–Kier alpha value is -1.71. The second-order valence-electron chi connectivity index (χ2n) is 7.35. The Labute approximate surface area is 169 Å². The van der Waals surface area contributed by atoms with Crippen molar-refractivity contribution < 1.29 is 10.0 Å². The molecule has 27 heavy (non-hydrogen) atoms. The summed E-state index contributed by atoms with van der Waals surface area (Å²) in [4.78, 5) is 16.7. The first-order chi connectivity index (χ1) is 12.9. The molecule has 1 aliphatic carbocycles. The molecular weight excluding hydrogens is 382 g/mol. The summed E-state index contributed by atoms with van der Waals surface area (Å²) in [6.45, 7) is 3.87. The Bertz CT molecular complexity index is 707. The topological polar surface area (TPSA) is 81.1 Å². The lowest BCUT2D eigenvalue weighted by Gasteiger charge is -2.35. The molecule has 9 heteroatoms. The number of hydroxylamine groups is 2. The molecule has 2 N–H and O–H groups in total. The van der Waals surface area contributed by atoms with Gasteiger partial charge in [0, 0.05) is 24.0 Å². The molecule has 0 spiro atoms. The molecule has 1 aromatic rings. The van der Waals surface area contributed by atoms with Crippen molar-refractivity contribution in [2.24, 2.45) is 5.10 Å². The summed E-state index contributed by atoms with van der Waals surface area (Å²) in [6, 6.07) is 3.29. The van der Waals surface area contributed by atoms with E-state index in [1.54, 1.807) is 18.6 Å². The number of hydrazone groups is 1. The van der Waals surface area contributed by atoms with E-state index in [4.69, 9.17) is 12.2 Å². The Morgan fingerprint density at radius 1 is 1.48 bits per heavy atom. The smallest absolute Gasteiger partial charge is 0.333 e. The van der Waals surface area contributed by atoms with Crippen molar-refractivity contribution in [1.29, 1.82) is 0 Å². The van der Waals surface area contributed by atoms with Gasteiger partial charge in [-0.2, -0.15) is 10.2 Å². The van der Waals surface area contributed by atoms with E-state index >= 15 is 0 Å². The normalized spacial score (nSPS) is 23.0. The lowest BCUT2D eigenvalue weighted by molar-refractivity contribution is -0.119. The van der Waals surface area contributed by atoms with Gasteiger partial charge in [-0.25, -0.2) is 9.80 Å². The highest BCUT2D eigenvalue weighted by Crippen LogP contribution is 2.42. The molecule has 3 rings (SSSR count). The first kappa shape index (κ1) is 20.0. The fourth-order valence-electron chi connectivity index (χ4n) is 3.41. The fourth-order valence-corrected chi connectivity index (χ4v) is 5.19. The van der Waals surface area contributed by atoms with Crippen molar-refractivity contribution >= 4 is 40.5 Å². The monoisotopic (exact) mass is 407 g/mol. The number of urea groups is 1. The van der Waals surface area contributed by atoms with Gasteiger partial charge in [0.25, 0.3) is 0 Å². The summed E-state index contributed by atoms with van der Waals surface area (Å²) in [5.74, 6) is 0. The average molecular weight is 408 g/mol. The van der Waals surface area contributed by atoms with E-state index < -0.39 is 16.9 Å². The maximum atomic E-state index is 12.6. The molecule has 1 saturated heterocycles. The third kappa shape index (κ3) is 4.77. The standard InChI is InChI=1S/C18H25N5O2S2/c1-18(2)15(23(25)16(24)21-14-8-4-3-5-9-14)22(17(26)27-18)20-12-13-7-6-10-19-11-13/h6-7,10-12,14-15,25H,3-5,8-9H2,1-2H3,(H,21,24)/b20-12-/t15-/m0/s1. The number of hydrogen-bond acceptors (Lipinski definition) is 6. The predicted octanol–water partition coefficient (Wildman–Crippen LogP) is 3.59. The molecule has 0 bridgehead atoms. The number of rotatable bonds is 4. The maximum absolute atomic E-state index is 12.6. The number of thiocarbonyl (C=S) groups is 1. The van der Waals surface area contributed by atoms with Crippen LogP contribution in [-0.2, 0) is 0 Å². The number of hydrogen-bond donors (Lipinski definition) is 2. The van der Waals surface area contributed by atoms with E-state index in [2.05, 4.69) is 15.4 Å². The summed E-state index contributed by atoms with van der Waals surface area (Å²) in [6.07, 6.45) is 9.60. The van der Waals surface area contributed by atoms with Gasteiger partial charge in [-0.1, -0.05) is 49.3 Å². The molecule has 0 aromatic carbocycles. The van der Waals surface area contributed by atoms with Crippen LogP contribution in [0.5, 0.6) is 0 Å². The van der Waals surface area contributed by atoms with Crippen LogP contribution >= 0.6 is 24.0 Å². The molecule has 2 heterocycles. The van der Waals surface area contributed by atoms with E-state index in [1.165, 1.54) is 23.2 Å². The van der Waals surface area contributed by atoms with Crippen molar-refractivity contribution in [1.82, 2.24) is 20.4 Å². The quantitative estimate of drug-likeness (QED) is 0.344. The van der Waals surface area contributed by atoms with Gasteiger partial charge in [-0.3, -0.25) is 10.2 Å². The number of carbonyl (C=O) groups is 1. The van der Waals surface area contributed by atoms with Crippen LogP contribution in [0.25, 0.3) is 0 Å². The lowest BCUT2D eigenvalue weighted by Crippen LogP contribution is -2.57. The zero-order valence-electron chi connectivity index (χ0n) is 15.5. The second kappa shape index (κ2) is 8.53. The van der Waals surface area contributed by atoms with Crippen LogP contribution in [0.1, 0.15) is 51.5 Å². The molecule has 1 atom stereocenters. The minimum absolute atomic E-state index is 0.109. The summed E-state index contributed by atoms with van der Waals surface area (Å²) >= 11 is 6.85. The molecule has 0 unspecified atom stereocenters. The largest absolute Gasteiger partial charge is 0.343 e. The minimum atomic E-state index is -0.702. The van der Waals surface area contributed by atoms with Crippen molar-refractivity contribution in [2.45, 2.75) is 62.9 Å². The molecule has 146 valence electrons. The molecule has 7 nitrogen and oxygen atoms in total. The van der Waals surface area contributed by atoms with E-state index in [-0.39, 0.29) is 6.04 Å². The molecule has 0 radical (unpaired) electrons. The number of aromatic nitrogens is 1. The number of thioether (sulfide) groups is 1. The van der Waals surface area contributed by atoms with Gasteiger partial charge in [0.2, 0.25) is 0 Å². The Balaban J connectivity index is 1.75. The highest BCUT2D eigenvalue weighted by atomic mass is 32.2. The van der Waals surface area contributed by atoms with Crippen LogP contribution in [-0.4, -0.2) is 53.8 Å². The van der Waals surface area contributed by atoms with Gasteiger partial charge >= 0.3 is 6.03 Å². The average Bonchev–Trinajstić information content (AvgIpc) is 2.88. The van der Waals surface area contributed by atoms with Crippen LogP contribution in [0.3, 0.4) is 0 Å². The van der Waals surface area contributed by atoms with Crippen molar-refractivity contribution in [3.8, 4) is 0 Å². The summed E-state index contributed by atoms with van der Waals surface area (Å²) in [5, 5.41) is 20.3. The molecule has 1 aliphatic heterocycles. The second-order valence-corrected chi connectivity index (χ2v) is 9.64. The fraction of sp³-hybridized carbons (Fsp3) is 0.556. The molecular formula is C18H25N5O2S2. The maximum Gasteiger partial charge on any atom is 0.343 e. The summed E-state index contributed by atoms with van der Waals surface area (Å²) in [5.41, 5.74) is 0.810. The van der Waals surface area contributed by atoms with Crippen molar-refractivity contribution in [3.63, 3.8) is 0 Å². The third-order valence-electron chi connectivity index (χ3n) is 4.78. The van der Waals surface area contributed by atoms with Gasteiger partial charge in [-0.15, -0.1) is 0 Å². The molecule has 1 saturated carbocycles. The van der Waals surface area contributed by atoms with Crippen LogP contribution in [0.15, 0.2) is 29.6 Å². The van der Waals surface area contributed by atoms with Gasteiger partial charge in [0.15, 0.2) is 10.5 Å². The van der Waals surface area contributed by atoms with Gasteiger partial charge in [0.1, 0.15) is 0 Å². The summed E-state index contributed by atoms with van der Waals surface area (Å²) < 4.78 is -0.00295. The van der Waals surface area contributed by atoms with Crippen LogP contribution in [0, 0.1) is 0 Å². The minimum Gasteiger partial charge on any atom is -0.333 e. The molecule has 1 aromatic heterocycles. The number of nitrogens with zero attached hydrogens (tertiary/aromatic N) is 4. The van der Waals surface area contributed by atoms with Crippen molar-refractivity contribution in [3.05, 3.63) is 30.1 Å². The van der Waals surface area contributed by atoms with E-state index in [9.17, 15) is 10.0 Å². The van der Waals surface area contributed by atoms with E-state index in [1.807, 2.05) is 26.0 Å². The Kier molecular flexibility index (Phi) is 6.33. The number of pyridine rings is 1. The van der Waals surface area contributed by atoms with Gasteiger partial charge in [0.05, 0.1) is 11.0 Å².